The number of rotatable bonds is 5. The van der Waals surface area contributed by atoms with Crippen molar-refractivity contribution in [3.8, 4) is 5.75 Å². The molecule has 0 aliphatic heterocycles. The van der Waals surface area contributed by atoms with Gasteiger partial charge in [-0.05, 0) is 71.5 Å². The van der Waals surface area contributed by atoms with E-state index in [1.165, 1.54) is 12.1 Å². The first kappa shape index (κ1) is 21.3. The van der Waals surface area contributed by atoms with E-state index in [1.54, 1.807) is 24.3 Å². The zero-order valence-corrected chi connectivity index (χ0v) is 18.1. The molecule has 1 N–H and O–H groups in total. The minimum Gasteiger partial charge on any atom is -0.508 e. The molecule has 0 atom stereocenters. The first-order valence-electron chi connectivity index (χ1n) is 10.8. The maximum atomic E-state index is 13.3. The van der Waals surface area contributed by atoms with E-state index in [1.807, 2.05) is 42.5 Å². The summed E-state index contributed by atoms with van der Waals surface area (Å²) in [5.74, 6) is -0.241. The van der Waals surface area contributed by atoms with Crippen molar-refractivity contribution >= 4 is 34.2 Å². The quantitative estimate of drug-likeness (QED) is 0.237. The number of phenolic OH excluding ortho intramolecular Hbond substituents is 1. The first-order valence-corrected chi connectivity index (χ1v) is 10.8. The summed E-state index contributed by atoms with van der Waals surface area (Å²) in [6.45, 7) is 0.0124. The molecule has 0 radical (unpaired) electrons. The molecule has 0 fully saturated rings. The number of para-hydroxylation sites is 1. The lowest BCUT2D eigenvalue weighted by Gasteiger charge is -2.12. The molecule has 0 amide bonds. The summed E-state index contributed by atoms with van der Waals surface area (Å²) >= 11 is 0. The van der Waals surface area contributed by atoms with Crippen LogP contribution in [0.4, 0.5) is 5.69 Å². The number of aromatic hydroxyl groups is 1. The number of phenols is 1. The van der Waals surface area contributed by atoms with Crippen molar-refractivity contribution in [3.63, 3.8) is 0 Å². The van der Waals surface area contributed by atoms with E-state index >= 15 is 0 Å². The summed E-state index contributed by atoms with van der Waals surface area (Å²) in [4.78, 5) is 28.5. The number of nitro benzene ring substituents is 1. The van der Waals surface area contributed by atoms with Crippen LogP contribution in [0.25, 0.3) is 22.6 Å². The Kier molecular flexibility index (Phi) is 5.51. The number of hydrogen-bond acceptors (Lipinski definition) is 6. The maximum absolute atomic E-state index is 13.3. The predicted molar refractivity (Wildman–Crippen MR) is 128 cm³/mol. The van der Waals surface area contributed by atoms with Gasteiger partial charge in [-0.2, -0.15) is 0 Å². The number of fused-ring (bicyclic) bond motifs is 2. The van der Waals surface area contributed by atoms with Crippen LogP contribution in [0.15, 0.2) is 72.8 Å². The molecule has 1 heterocycles. The van der Waals surface area contributed by atoms with Crippen LogP contribution in [-0.4, -0.2) is 21.0 Å². The highest BCUT2D eigenvalue weighted by molar-refractivity contribution is 6.07. The number of allylic oxidation sites excluding steroid dienone is 1. The first-order chi connectivity index (χ1) is 16.5. The standard InChI is InChI=1S/C27H20N2O5/c30-21-12-7-17(8-13-21)15-19-9-14-23-25(22-3-1-2-4-24(22)28-26(19)23)27(31)34-16-18-5-10-20(11-6-18)29(32)33/h1-8,10-13,15,30H,9,14,16H2/b19-15+. The van der Waals surface area contributed by atoms with Crippen LogP contribution in [0.3, 0.4) is 0 Å². The Morgan fingerprint density at radius 3 is 2.50 bits per heavy atom. The third-order valence-electron chi connectivity index (χ3n) is 5.90. The van der Waals surface area contributed by atoms with E-state index in [9.17, 15) is 20.0 Å². The summed E-state index contributed by atoms with van der Waals surface area (Å²) in [7, 11) is 0. The van der Waals surface area contributed by atoms with Crippen molar-refractivity contribution in [2.24, 2.45) is 0 Å². The third-order valence-corrected chi connectivity index (χ3v) is 5.90. The lowest BCUT2D eigenvalue weighted by molar-refractivity contribution is -0.384. The lowest BCUT2D eigenvalue weighted by Crippen LogP contribution is -2.10. The molecule has 3 aromatic carbocycles. The Morgan fingerprint density at radius 2 is 1.76 bits per heavy atom. The fourth-order valence-corrected chi connectivity index (χ4v) is 4.22. The maximum Gasteiger partial charge on any atom is 0.339 e. The summed E-state index contributed by atoms with van der Waals surface area (Å²) in [5.41, 5.74) is 5.49. The Morgan fingerprint density at radius 1 is 1.03 bits per heavy atom. The number of carbonyl (C=O) groups is 1. The number of ether oxygens (including phenoxy) is 1. The molecule has 34 heavy (non-hydrogen) atoms. The van der Waals surface area contributed by atoms with Crippen LogP contribution in [0, 0.1) is 10.1 Å². The normalized spacial score (nSPS) is 13.7. The average molecular weight is 452 g/mol. The lowest BCUT2D eigenvalue weighted by atomic mass is 10.0. The highest BCUT2D eigenvalue weighted by atomic mass is 16.6. The molecular formula is C27H20N2O5. The highest BCUT2D eigenvalue weighted by Crippen LogP contribution is 2.38. The number of pyridine rings is 1. The minimum atomic E-state index is -0.467. The van der Waals surface area contributed by atoms with Gasteiger partial charge in [-0.3, -0.25) is 10.1 Å². The Bertz CT molecular complexity index is 1440. The number of nitro groups is 1. The molecule has 1 aromatic heterocycles. The van der Waals surface area contributed by atoms with Crippen molar-refractivity contribution in [2.75, 3.05) is 0 Å². The second-order valence-corrected chi connectivity index (χ2v) is 8.09. The van der Waals surface area contributed by atoms with Crippen LogP contribution in [-0.2, 0) is 17.8 Å². The molecule has 4 aromatic rings. The van der Waals surface area contributed by atoms with Gasteiger partial charge < -0.3 is 9.84 Å². The van der Waals surface area contributed by atoms with Gasteiger partial charge in [0, 0.05) is 17.5 Å². The van der Waals surface area contributed by atoms with E-state index in [0.29, 0.717) is 23.1 Å². The molecular weight excluding hydrogens is 432 g/mol. The van der Waals surface area contributed by atoms with E-state index in [4.69, 9.17) is 9.72 Å². The van der Waals surface area contributed by atoms with Crippen molar-refractivity contribution in [1.82, 2.24) is 4.98 Å². The predicted octanol–water partition coefficient (Wildman–Crippen LogP) is 5.69. The van der Waals surface area contributed by atoms with Gasteiger partial charge in [0.1, 0.15) is 12.4 Å². The summed E-state index contributed by atoms with van der Waals surface area (Å²) < 4.78 is 5.63. The van der Waals surface area contributed by atoms with Crippen LogP contribution in [0.1, 0.15) is 39.2 Å². The monoisotopic (exact) mass is 452 g/mol. The van der Waals surface area contributed by atoms with Gasteiger partial charge in [0.25, 0.3) is 5.69 Å². The van der Waals surface area contributed by atoms with E-state index in [2.05, 4.69) is 0 Å². The van der Waals surface area contributed by atoms with E-state index < -0.39 is 10.9 Å². The molecule has 0 bridgehead atoms. The number of carbonyl (C=O) groups excluding carboxylic acids is 1. The van der Waals surface area contributed by atoms with Crippen molar-refractivity contribution in [3.05, 3.63) is 111 Å². The molecule has 0 spiro atoms. The Balaban J connectivity index is 1.49. The second-order valence-electron chi connectivity index (χ2n) is 8.09. The smallest absolute Gasteiger partial charge is 0.339 e. The topological polar surface area (TPSA) is 103 Å². The van der Waals surface area contributed by atoms with Crippen LogP contribution >= 0.6 is 0 Å². The molecule has 1 aliphatic carbocycles. The van der Waals surface area contributed by atoms with Crippen molar-refractivity contribution in [2.45, 2.75) is 19.4 Å². The SMILES string of the molecule is O=C(OCc1ccc([N+](=O)[O-])cc1)c1c2c(nc3ccccc13)/C(=C/c1ccc(O)cc1)CC2. The number of aromatic nitrogens is 1. The van der Waals surface area contributed by atoms with Crippen LogP contribution < -0.4 is 0 Å². The highest BCUT2D eigenvalue weighted by Gasteiger charge is 2.27. The van der Waals surface area contributed by atoms with Crippen molar-refractivity contribution < 1.29 is 19.6 Å². The Hall–Kier alpha value is -4.52. The van der Waals surface area contributed by atoms with Gasteiger partial charge in [0.05, 0.1) is 21.7 Å². The summed E-state index contributed by atoms with van der Waals surface area (Å²) in [5, 5.41) is 21.1. The van der Waals surface area contributed by atoms with Gasteiger partial charge >= 0.3 is 5.97 Å². The average Bonchev–Trinajstić information content (AvgIpc) is 3.24. The van der Waals surface area contributed by atoms with Gasteiger partial charge in [-0.25, -0.2) is 9.78 Å². The Labute approximate surface area is 195 Å². The van der Waals surface area contributed by atoms with Crippen LogP contribution in [0.5, 0.6) is 5.75 Å². The number of benzene rings is 3. The molecule has 1 aliphatic rings. The summed E-state index contributed by atoms with van der Waals surface area (Å²) in [6.07, 6.45) is 3.43. The second kappa shape index (κ2) is 8.78. The molecule has 0 saturated heterocycles. The third kappa shape index (κ3) is 4.11. The fraction of sp³-hybridized carbons (Fsp3) is 0.111. The summed E-state index contributed by atoms with van der Waals surface area (Å²) in [6, 6.07) is 20.4. The van der Waals surface area contributed by atoms with Gasteiger partial charge in [-0.1, -0.05) is 30.3 Å². The van der Waals surface area contributed by atoms with Gasteiger partial charge in [0.15, 0.2) is 0 Å². The van der Waals surface area contributed by atoms with Crippen molar-refractivity contribution in [1.29, 1.82) is 0 Å². The molecule has 168 valence electrons. The number of non-ortho nitro benzene ring substituents is 1. The van der Waals surface area contributed by atoms with Gasteiger partial charge in [-0.15, -0.1) is 0 Å². The molecule has 5 rings (SSSR count). The largest absolute Gasteiger partial charge is 0.508 e. The number of esters is 1. The number of nitrogens with zero attached hydrogens (tertiary/aromatic N) is 2. The molecule has 0 saturated carbocycles. The van der Waals surface area contributed by atoms with Crippen LogP contribution in [0.2, 0.25) is 0 Å². The van der Waals surface area contributed by atoms with E-state index in [0.717, 1.165) is 34.2 Å². The molecule has 0 unspecified atom stereocenters. The zero-order valence-electron chi connectivity index (χ0n) is 18.1. The minimum absolute atomic E-state index is 0.0124. The van der Waals surface area contributed by atoms with E-state index in [-0.39, 0.29) is 18.0 Å². The fourth-order valence-electron chi connectivity index (χ4n) is 4.22. The number of hydrogen-bond donors (Lipinski definition) is 1. The molecule has 7 heteroatoms. The zero-order chi connectivity index (χ0) is 23.7. The van der Waals surface area contributed by atoms with Gasteiger partial charge in [0.2, 0.25) is 0 Å². The molecule has 7 nitrogen and oxygen atoms in total.